The molecule has 0 bridgehead atoms. The fourth-order valence-electron chi connectivity index (χ4n) is 1.05. The van der Waals surface area contributed by atoms with Crippen LogP contribution >= 0.6 is 0 Å². The second-order valence-electron chi connectivity index (χ2n) is 5.74. The first-order chi connectivity index (χ1) is 9.02. The first-order valence-electron chi connectivity index (χ1n) is 6.73. The predicted octanol–water partition coefficient (Wildman–Crippen LogP) is 3.19. The van der Waals surface area contributed by atoms with Crippen molar-refractivity contribution >= 4 is 11.9 Å². The summed E-state index contributed by atoms with van der Waals surface area (Å²) in [5, 5.41) is 0. The summed E-state index contributed by atoms with van der Waals surface area (Å²) in [7, 11) is 0. The van der Waals surface area contributed by atoms with Crippen LogP contribution in [0.1, 0.15) is 47.5 Å². The Morgan fingerprint density at radius 3 is 2.15 bits per heavy atom. The minimum atomic E-state index is -3.19. The van der Waals surface area contributed by atoms with E-state index in [4.69, 9.17) is 4.74 Å². The molecule has 0 aromatic heterocycles. The first kappa shape index (κ1) is 18.8. The number of carbonyl (C=O) groups is 2. The molecule has 20 heavy (non-hydrogen) atoms. The highest BCUT2D eigenvalue weighted by atomic mass is 19.3. The second-order valence-corrected chi connectivity index (χ2v) is 5.74. The van der Waals surface area contributed by atoms with Gasteiger partial charge in [0.1, 0.15) is 0 Å². The van der Waals surface area contributed by atoms with Crippen LogP contribution in [-0.4, -0.2) is 31.1 Å². The Labute approximate surface area is 118 Å². The Bertz CT molecular complexity index is 338. The van der Waals surface area contributed by atoms with E-state index in [9.17, 15) is 18.4 Å². The lowest BCUT2D eigenvalue weighted by molar-refractivity contribution is -0.165. The Morgan fingerprint density at radius 1 is 1.15 bits per heavy atom. The lowest BCUT2D eigenvalue weighted by Crippen LogP contribution is -2.31. The van der Waals surface area contributed by atoms with E-state index in [0.29, 0.717) is 6.42 Å². The molecule has 0 spiro atoms. The van der Waals surface area contributed by atoms with Gasteiger partial charge in [-0.15, -0.1) is 0 Å². The average Bonchev–Trinajstić information content (AvgIpc) is 2.35. The van der Waals surface area contributed by atoms with Crippen LogP contribution in [0.4, 0.5) is 8.78 Å². The smallest absolute Gasteiger partial charge is 0.311 e. The van der Waals surface area contributed by atoms with Gasteiger partial charge in [0.2, 0.25) is 0 Å². The van der Waals surface area contributed by atoms with Gasteiger partial charge in [-0.1, -0.05) is 20.8 Å². The topological polar surface area (TPSA) is 52.6 Å². The quantitative estimate of drug-likeness (QED) is 0.645. The van der Waals surface area contributed by atoms with Crippen molar-refractivity contribution in [3.8, 4) is 0 Å². The van der Waals surface area contributed by atoms with Crippen LogP contribution in [0.2, 0.25) is 0 Å². The maximum atomic E-state index is 13.4. The van der Waals surface area contributed by atoms with Crippen LogP contribution in [0.15, 0.2) is 0 Å². The molecule has 0 saturated carbocycles. The molecule has 0 aliphatic carbocycles. The van der Waals surface area contributed by atoms with Gasteiger partial charge >= 0.3 is 11.9 Å². The monoisotopic (exact) mass is 294 g/mol. The number of halogens is 2. The molecule has 0 aliphatic heterocycles. The zero-order valence-electron chi connectivity index (χ0n) is 12.8. The van der Waals surface area contributed by atoms with Gasteiger partial charge < -0.3 is 9.47 Å². The molecule has 0 heterocycles. The van der Waals surface area contributed by atoms with Gasteiger partial charge in [0.25, 0.3) is 5.92 Å². The lowest BCUT2D eigenvalue weighted by Gasteiger charge is -2.22. The summed E-state index contributed by atoms with van der Waals surface area (Å²) in [4.78, 5) is 22.7. The van der Waals surface area contributed by atoms with Crippen LogP contribution in [0.25, 0.3) is 0 Å². The molecule has 0 saturated heterocycles. The molecular weight excluding hydrogens is 270 g/mol. The summed E-state index contributed by atoms with van der Waals surface area (Å²) in [6, 6.07) is 0. The molecule has 118 valence electrons. The largest absolute Gasteiger partial charge is 0.465 e. The van der Waals surface area contributed by atoms with Crippen LogP contribution < -0.4 is 0 Å². The van der Waals surface area contributed by atoms with Crippen molar-refractivity contribution < 1.29 is 27.8 Å². The Balaban J connectivity index is 4.11. The number of hydrogen-bond acceptors (Lipinski definition) is 4. The van der Waals surface area contributed by atoms with Gasteiger partial charge in [0, 0.05) is 6.42 Å². The number of alkyl halides is 2. The van der Waals surface area contributed by atoms with Gasteiger partial charge in [-0.2, -0.15) is 0 Å². The average molecular weight is 294 g/mol. The van der Waals surface area contributed by atoms with E-state index in [2.05, 4.69) is 4.74 Å². The van der Waals surface area contributed by atoms with E-state index in [1.807, 2.05) is 6.92 Å². The molecule has 0 rings (SSSR count). The van der Waals surface area contributed by atoms with Crippen LogP contribution in [0, 0.1) is 11.3 Å². The fraction of sp³-hybridized carbons (Fsp3) is 0.857. The third kappa shape index (κ3) is 6.82. The van der Waals surface area contributed by atoms with Crippen LogP contribution in [0.5, 0.6) is 0 Å². The third-order valence-corrected chi connectivity index (χ3v) is 3.03. The van der Waals surface area contributed by atoms with Crippen molar-refractivity contribution in [3.05, 3.63) is 0 Å². The lowest BCUT2D eigenvalue weighted by atomic mass is 9.91. The summed E-state index contributed by atoms with van der Waals surface area (Å²) in [5.74, 6) is -4.82. The fourth-order valence-corrected chi connectivity index (χ4v) is 1.05. The van der Waals surface area contributed by atoms with E-state index >= 15 is 0 Å². The summed E-state index contributed by atoms with van der Waals surface area (Å²) in [6.45, 7) is 6.95. The van der Waals surface area contributed by atoms with Crippen molar-refractivity contribution in [2.24, 2.45) is 11.3 Å². The maximum Gasteiger partial charge on any atom is 0.311 e. The van der Waals surface area contributed by atoms with Crippen molar-refractivity contribution in [2.75, 3.05) is 13.2 Å². The molecule has 0 amide bonds. The van der Waals surface area contributed by atoms with Crippen LogP contribution in [-0.2, 0) is 19.1 Å². The van der Waals surface area contributed by atoms with Crippen molar-refractivity contribution in [1.82, 2.24) is 0 Å². The third-order valence-electron chi connectivity index (χ3n) is 3.03. The highest BCUT2D eigenvalue weighted by Gasteiger charge is 2.33. The van der Waals surface area contributed by atoms with Gasteiger partial charge in [0.05, 0.1) is 17.9 Å². The van der Waals surface area contributed by atoms with Crippen LogP contribution in [0.3, 0.4) is 0 Å². The van der Waals surface area contributed by atoms with Crippen molar-refractivity contribution in [2.45, 2.75) is 53.4 Å². The zero-order valence-corrected chi connectivity index (χ0v) is 12.8. The number of carbonyl (C=O) groups excluding carboxylic acids is 2. The Kier molecular flexibility index (Phi) is 7.09. The van der Waals surface area contributed by atoms with Crippen molar-refractivity contribution in [3.63, 3.8) is 0 Å². The first-order valence-corrected chi connectivity index (χ1v) is 6.73. The highest BCUT2D eigenvalue weighted by molar-refractivity contribution is 5.75. The minimum absolute atomic E-state index is 0.394. The van der Waals surface area contributed by atoms with Gasteiger partial charge in [-0.05, 0) is 20.3 Å². The van der Waals surface area contributed by atoms with Gasteiger partial charge in [-0.25, -0.2) is 8.78 Å². The predicted molar refractivity (Wildman–Crippen MR) is 70.4 cm³/mol. The van der Waals surface area contributed by atoms with E-state index in [-0.39, 0.29) is 0 Å². The standard InChI is InChI=1S/C14H24F2O4/c1-6-13(4,5)12(18)19-8-7-14(15,16)9-20-11(17)10(2)3/h10H,6-9H2,1-5H3. The molecule has 0 aliphatic rings. The number of rotatable bonds is 8. The van der Waals surface area contributed by atoms with Gasteiger partial charge in [-0.3, -0.25) is 9.59 Å². The van der Waals surface area contributed by atoms with E-state index in [0.717, 1.165) is 0 Å². The number of hydrogen-bond donors (Lipinski definition) is 0. The molecule has 6 heteroatoms. The molecule has 0 atom stereocenters. The molecular formula is C14H24F2O4. The SMILES string of the molecule is CCC(C)(C)C(=O)OCCC(F)(F)COC(=O)C(C)C. The Hall–Kier alpha value is -1.20. The summed E-state index contributed by atoms with van der Waals surface area (Å²) in [6.07, 6.45) is -0.0991. The molecule has 0 fully saturated rings. The molecule has 0 unspecified atom stereocenters. The summed E-state index contributed by atoms with van der Waals surface area (Å²) in [5.41, 5.74) is -0.681. The second kappa shape index (κ2) is 7.55. The highest BCUT2D eigenvalue weighted by Crippen LogP contribution is 2.23. The number of esters is 2. The molecule has 0 aromatic rings. The normalized spacial score (nSPS) is 12.4. The molecule has 0 aromatic carbocycles. The minimum Gasteiger partial charge on any atom is -0.465 e. The van der Waals surface area contributed by atoms with Gasteiger partial charge in [0.15, 0.2) is 6.61 Å². The summed E-state index contributed by atoms with van der Waals surface area (Å²) >= 11 is 0. The van der Waals surface area contributed by atoms with E-state index < -0.39 is 48.8 Å². The molecule has 4 nitrogen and oxygen atoms in total. The van der Waals surface area contributed by atoms with E-state index in [1.54, 1.807) is 27.7 Å². The summed E-state index contributed by atoms with van der Waals surface area (Å²) < 4.78 is 36.1. The number of ether oxygens (including phenoxy) is 2. The zero-order chi connectivity index (χ0) is 16.0. The maximum absolute atomic E-state index is 13.4. The molecule has 0 N–H and O–H groups in total. The van der Waals surface area contributed by atoms with E-state index in [1.165, 1.54) is 0 Å². The van der Waals surface area contributed by atoms with Crippen molar-refractivity contribution in [1.29, 1.82) is 0 Å². The molecule has 0 radical (unpaired) electrons. The Morgan fingerprint density at radius 2 is 1.70 bits per heavy atom.